The van der Waals surface area contributed by atoms with E-state index in [9.17, 15) is 4.79 Å². The van der Waals surface area contributed by atoms with Gasteiger partial charge >= 0.3 is 6.09 Å². The van der Waals surface area contributed by atoms with Crippen LogP contribution in [0.3, 0.4) is 0 Å². The van der Waals surface area contributed by atoms with E-state index >= 15 is 0 Å². The van der Waals surface area contributed by atoms with Gasteiger partial charge in [-0.3, -0.25) is 5.10 Å². The maximum atomic E-state index is 11.6. The molecule has 0 aliphatic heterocycles. The number of aromatic amines is 1. The van der Waals surface area contributed by atoms with Gasteiger partial charge in [0.1, 0.15) is 5.75 Å². The van der Waals surface area contributed by atoms with Crippen LogP contribution in [0.4, 0.5) is 4.79 Å². The molecule has 0 fully saturated rings. The van der Waals surface area contributed by atoms with E-state index in [2.05, 4.69) is 15.5 Å². The molecule has 2 N–H and O–H groups in total. The molecule has 0 saturated heterocycles. The number of rotatable bonds is 3. The van der Waals surface area contributed by atoms with Crippen molar-refractivity contribution in [1.29, 1.82) is 0 Å². The van der Waals surface area contributed by atoms with E-state index in [0.717, 1.165) is 16.5 Å². The SMILES string of the molecule is O=C(NCc1ccc2cn[nH]c2c1)Oc1ccccc1. The molecule has 3 aromatic rings. The van der Waals surface area contributed by atoms with Crippen molar-refractivity contribution in [1.82, 2.24) is 15.5 Å². The molecule has 3 rings (SSSR count). The summed E-state index contributed by atoms with van der Waals surface area (Å²) in [5, 5.41) is 10.6. The predicted octanol–water partition coefficient (Wildman–Crippen LogP) is 2.85. The van der Waals surface area contributed by atoms with Gasteiger partial charge in [0.15, 0.2) is 0 Å². The van der Waals surface area contributed by atoms with Crippen LogP contribution in [-0.2, 0) is 6.54 Å². The van der Waals surface area contributed by atoms with Crippen LogP contribution in [0.15, 0.2) is 54.7 Å². The number of nitrogens with one attached hydrogen (secondary N) is 2. The second kappa shape index (κ2) is 5.44. The summed E-state index contributed by atoms with van der Waals surface area (Å²) >= 11 is 0. The molecular weight excluding hydrogens is 254 g/mol. The van der Waals surface area contributed by atoms with Gasteiger partial charge in [-0.05, 0) is 23.8 Å². The van der Waals surface area contributed by atoms with Crippen LogP contribution in [-0.4, -0.2) is 16.3 Å². The van der Waals surface area contributed by atoms with E-state index in [1.54, 1.807) is 18.3 Å². The molecule has 5 nitrogen and oxygen atoms in total. The summed E-state index contributed by atoms with van der Waals surface area (Å²) in [7, 11) is 0. The number of hydrogen-bond acceptors (Lipinski definition) is 3. The van der Waals surface area contributed by atoms with Crippen molar-refractivity contribution in [2.45, 2.75) is 6.54 Å². The monoisotopic (exact) mass is 267 g/mol. The Morgan fingerprint density at radius 2 is 2.05 bits per heavy atom. The van der Waals surface area contributed by atoms with Crippen LogP contribution in [0, 0.1) is 0 Å². The van der Waals surface area contributed by atoms with Gasteiger partial charge in [-0.1, -0.05) is 30.3 Å². The molecule has 0 spiro atoms. The van der Waals surface area contributed by atoms with Gasteiger partial charge in [-0.15, -0.1) is 0 Å². The van der Waals surface area contributed by atoms with Crippen LogP contribution in [0.25, 0.3) is 10.9 Å². The number of aromatic nitrogens is 2. The average Bonchev–Trinajstić information content (AvgIpc) is 2.93. The fourth-order valence-electron chi connectivity index (χ4n) is 1.90. The van der Waals surface area contributed by atoms with Gasteiger partial charge in [0.05, 0.1) is 11.7 Å². The molecule has 1 amide bonds. The molecule has 0 saturated carbocycles. The summed E-state index contributed by atoms with van der Waals surface area (Å²) in [6.45, 7) is 0.403. The van der Waals surface area contributed by atoms with E-state index in [0.29, 0.717) is 12.3 Å². The highest BCUT2D eigenvalue weighted by molar-refractivity contribution is 5.78. The van der Waals surface area contributed by atoms with Gasteiger partial charge in [-0.25, -0.2) is 4.79 Å². The van der Waals surface area contributed by atoms with Crippen molar-refractivity contribution in [3.63, 3.8) is 0 Å². The largest absolute Gasteiger partial charge is 0.412 e. The Balaban J connectivity index is 1.59. The Labute approximate surface area is 115 Å². The first-order chi connectivity index (χ1) is 9.81. The van der Waals surface area contributed by atoms with Gasteiger partial charge in [0.25, 0.3) is 0 Å². The quantitative estimate of drug-likeness (QED) is 0.766. The molecule has 1 heterocycles. The van der Waals surface area contributed by atoms with Crippen molar-refractivity contribution in [2.24, 2.45) is 0 Å². The number of ether oxygens (including phenoxy) is 1. The van der Waals surface area contributed by atoms with E-state index in [1.165, 1.54) is 0 Å². The Bertz CT molecular complexity index is 722. The molecule has 2 aromatic carbocycles. The summed E-state index contributed by atoms with van der Waals surface area (Å²) in [5.41, 5.74) is 1.92. The number of hydrogen-bond donors (Lipinski definition) is 2. The maximum Gasteiger partial charge on any atom is 0.412 e. The number of para-hydroxylation sites is 1. The fourth-order valence-corrected chi connectivity index (χ4v) is 1.90. The molecule has 0 unspecified atom stereocenters. The lowest BCUT2D eigenvalue weighted by atomic mass is 10.2. The molecule has 100 valence electrons. The first-order valence-corrected chi connectivity index (χ1v) is 6.24. The maximum absolute atomic E-state index is 11.6. The lowest BCUT2D eigenvalue weighted by Crippen LogP contribution is -2.26. The smallest absolute Gasteiger partial charge is 0.410 e. The van der Waals surface area contributed by atoms with E-state index < -0.39 is 6.09 Å². The number of fused-ring (bicyclic) bond motifs is 1. The highest BCUT2D eigenvalue weighted by Gasteiger charge is 2.04. The molecule has 0 aliphatic rings. The number of amides is 1. The molecule has 0 radical (unpaired) electrons. The lowest BCUT2D eigenvalue weighted by Gasteiger charge is -2.06. The van der Waals surface area contributed by atoms with E-state index in [1.807, 2.05) is 36.4 Å². The number of carbonyl (C=O) groups excluding carboxylic acids is 1. The van der Waals surface area contributed by atoms with Gasteiger partial charge < -0.3 is 10.1 Å². The molecule has 0 bridgehead atoms. The summed E-state index contributed by atoms with van der Waals surface area (Å²) in [4.78, 5) is 11.6. The molecular formula is C15H13N3O2. The van der Waals surface area contributed by atoms with Crippen molar-refractivity contribution in [2.75, 3.05) is 0 Å². The molecule has 5 heteroatoms. The van der Waals surface area contributed by atoms with Gasteiger partial charge in [-0.2, -0.15) is 5.10 Å². The molecule has 1 aromatic heterocycles. The van der Waals surface area contributed by atoms with E-state index in [-0.39, 0.29) is 0 Å². The minimum atomic E-state index is -0.471. The van der Waals surface area contributed by atoms with Crippen molar-refractivity contribution in [3.05, 3.63) is 60.3 Å². The minimum absolute atomic E-state index is 0.403. The third kappa shape index (κ3) is 2.77. The molecule has 0 aliphatic carbocycles. The Morgan fingerprint density at radius 1 is 1.20 bits per heavy atom. The summed E-state index contributed by atoms with van der Waals surface area (Å²) < 4.78 is 5.14. The second-order valence-electron chi connectivity index (χ2n) is 4.35. The standard InChI is InChI=1S/C15H13N3O2/c19-15(20-13-4-2-1-3-5-13)16-9-11-6-7-12-10-17-18-14(12)8-11/h1-8,10H,9H2,(H,16,19)(H,17,18). The van der Waals surface area contributed by atoms with Crippen molar-refractivity contribution in [3.8, 4) is 5.75 Å². The van der Waals surface area contributed by atoms with Crippen LogP contribution >= 0.6 is 0 Å². The first kappa shape index (κ1) is 12.2. The summed E-state index contributed by atoms with van der Waals surface area (Å²) in [5.74, 6) is 0.522. The fraction of sp³-hybridized carbons (Fsp3) is 0.0667. The highest BCUT2D eigenvalue weighted by atomic mass is 16.5. The highest BCUT2D eigenvalue weighted by Crippen LogP contribution is 2.13. The zero-order chi connectivity index (χ0) is 13.8. The van der Waals surface area contributed by atoms with E-state index in [4.69, 9.17) is 4.74 Å². The second-order valence-corrected chi connectivity index (χ2v) is 4.35. The Morgan fingerprint density at radius 3 is 2.90 bits per heavy atom. The number of nitrogens with zero attached hydrogens (tertiary/aromatic N) is 1. The average molecular weight is 267 g/mol. The first-order valence-electron chi connectivity index (χ1n) is 6.24. The minimum Gasteiger partial charge on any atom is -0.410 e. The Hall–Kier alpha value is -2.82. The summed E-state index contributed by atoms with van der Waals surface area (Å²) in [6.07, 6.45) is 1.29. The Kier molecular flexibility index (Phi) is 3.33. The predicted molar refractivity (Wildman–Crippen MR) is 75.4 cm³/mol. The number of carbonyl (C=O) groups is 1. The van der Waals surface area contributed by atoms with Crippen LogP contribution in [0.1, 0.15) is 5.56 Å². The van der Waals surface area contributed by atoms with Gasteiger partial charge in [0.2, 0.25) is 0 Å². The topological polar surface area (TPSA) is 67.0 Å². The van der Waals surface area contributed by atoms with Crippen molar-refractivity contribution < 1.29 is 9.53 Å². The molecule has 0 atom stereocenters. The third-order valence-electron chi connectivity index (χ3n) is 2.90. The number of H-pyrrole nitrogens is 1. The van der Waals surface area contributed by atoms with Crippen LogP contribution in [0.5, 0.6) is 5.75 Å². The van der Waals surface area contributed by atoms with Crippen LogP contribution in [0.2, 0.25) is 0 Å². The van der Waals surface area contributed by atoms with Gasteiger partial charge in [0, 0.05) is 11.9 Å². The molecule has 20 heavy (non-hydrogen) atoms. The summed E-state index contributed by atoms with van der Waals surface area (Å²) in [6, 6.07) is 14.8. The zero-order valence-corrected chi connectivity index (χ0v) is 10.7. The normalized spacial score (nSPS) is 10.4. The lowest BCUT2D eigenvalue weighted by molar-refractivity contribution is 0.200. The van der Waals surface area contributed by atoms with Crippen molar-refractivity contribution >= 4 is 17.0 Å². The zero-order valence-electron chi connectivity index (χ0n) is 10.7. The third-order valence-corrected chi connectivity index (χ3v) is 2.90. The van der Waals surface area contributed by atoms with Crippen LogP contribution < -0.4 is 10.1 Å². The number of benzene rings is 2.